The van der Waals surface area contributed by atoms with Crippen LogP contribution in [0.2, 0.25) is 0 Å². The number of nitrogens with one attached hydrogen (secondary N) is 2. The molecule has 0 spiro atoms. The number of hydrogen-bond donors (Lipinski definition) is 2. The van der Waals surface area contributed by atoms with Crippen LogP contribution in [0, 0.1) is 17.1 Å². The van der Waals surface area contributed by atoms with Gasteiger partial charge in [-0.2, -0.15) is 5.26 Å². The smallest absolute Gasteiger partial charge is 0.313 e. The third-order valence-electron chi connectivity index (χ3n) is 4.52. The number of aromatic amines is 2. The molecule has 3 aromatic rings. The van der Waals surface area contributed by atoms with Crippen molar-refractivity contribution >= 4 is 0 Å². The summed E-state index contributed by atoms with van der Waals surface area (Å²) in [6.45, 7) is 0. The van der Waals surface area contributed by atoms with Gasteiger partial charge < -0.3 is 4.98 Å². The standard InChI is InChI=1S/C18H12FN5O2/c19-14-4-2-1-3-9(14)10-5-11(10)12-6-15(23-24-16(12)7-20)13-8-21-18(26)22-17(13)25/h1-4,6,8,10-11H,5H2,(H2,21,22,25,26)/t10-,11+/m1/s1. The van der Waals surface area contributed by atoms with Gasteiger partial charge in [0.05, 0.1) is 5.56 Å². The zero-order valence-corrected chi connectivity index (χ0v) is 13.4. The van der Waals surface area contributed by atoms with Crippen molar-refractivity contribution in [2.45, 2.75) is 18.3 Å². The van der Waals surface area contributed by atoms with Crippen LogP contribution < -0.4 is 11.2 Å². The maximum atomic E-state index is 14.0. The highest BCUT2D eigenvalue weighted by Gasteiger charge is 2.42. The van der Waals surface area contributed by atoms with Crippen molar-refractivity contribution < 1.29 is 4.39 Å². The lowest BCUT2D eigenvalue weighted by Gasteiger charge is -2.06. The average Bonchev–Trinajstić information content (AvgIpc) is 3.42. The number of rotatable bonds is 3. The monoisotopic (exact) mass is 349 g/mol. The average molecular weight is 349 g/mol. The van der Waals surface area contributed by atoms with E-state index in [4.69, 9.17) is 0 Å². The molecule has 1 aliphatic rings. The van der Waals surface area contributed by atoms with Crippen molar-refractivity contribution in [2.75, 3.05) is 0 Å². The van der Waals surface area contributed by atoms with Crippen LogP contribution in [0.3, 0.4) is 0 Å². The van der Waals surface area contributed by atoms with Crippen LogP contribution in [0.15, 0.2) is 46.1 Å². The molecule has 0 bridgehead atoms. The van der Waals surface area contributed by atoms with Crippen LogP contribution in [0.1, 0.15) is 35.1 Å². The Morgan fingerprint density at radius 2 is 1.92 bits per heavy atom. The predicted molar refractivity (Wildman–Crippen MR) is 89.9 cm³/mol. The maximum absolute atomic E-state index is 14.0. The molecule has 1 saturated carbocycles. The van der Waals surface area contributed by atoms with Gasteiger partial charge >= 0.3 is 5.69 Å². The first-order chi connectivity index (χ1) is 12.6. The van der Waals surface area contributed by atoms with E-state index in [-0.39, 0.29) is 34.6 Å². The Kier molecular flexibility index (Phi) is 3.69. The van der Waals surface area contributed by atoms with Gasteiger partial charge in [0, 0.05) is 6.20 Å². The lowest BCUT2D eigenvalue weighted by Crippen LogP contribution is -2.23. The van der Waals surface area contributed by atoms with E-state index in [0.29, 0.717) is 17.5 Å². The number of aromatic nitrogens is 4. The molecule has 1 fully saturated rings. The Morgan fingerprint density at radius 3 is 2.65 bits per heavy atom. The van der Waals surface area contributed by atoms with Crippen LogP contribution in [0.5, 0.6) is 0 Å². The van der Waals surface area contributed by atoms with Crippen molar-refractivity contribution in [3.63, 3.8) is 0 Å². The Hall–Kier alpha value is -3.60. The number of halogens is 1. The molecule has 0 unspecified atom stereocenters. The van der Waals surface area contributed by atoms with E-state index in [1.54, 1.807) is 24.3 Å². The molecule has 0 aliphatic heterocycles. The van der Waals surface area contributed by atoms with Crippen LogP contribution in [0.25, 0.3) is 11.3 Å². The Morgan fingerprint density at radius 1 is 1.15 bits per heavy atom. The fraction of sp³-hybridized carbons (Fsp3) is 0.167. The summed E-state index contributed by atoms with van der Waals surface area (Å²) >= 11 is 0. The SMILES string of the molecule is N#Cc1nnc(-c2c[nH]c(=O)[nH]c2=O)cc1[C@H]1C[C@@H]1c1ccccc1F. The van der Waals surface area contributed by atoms with Crippen LogP contribution in [0.4, 0.5) is 4.39 Å². The van der Waals surface area contributed by atoms with Crippen LogP contribution >= 0.6 is 0 Å². The molecule has 2 atom stereocenters. The molecular weight excluding hydrogens is 337 g/mol. The van der Waals surface area contributed by atoms with E-state index in [1.165, 1.54) is 12.3 Å². The normalized spacial score (nSPS) is 18.3. The van der Waals surface area contributed by atoms with Gasteiger partial charge in [-0.1, -0.05) is 18.2 Å². The molecule has 0 saturated heterocycles. The maximum Gasteiger partial charge on any atom is 0.325 e. The second kappa shape index (κ2) is 6.04. The molecule has 26 heavy (non-hydrogen) atoms. The number of nitrogens with zero attached hydrogens (tertiary/aromatic N) is 3. The van der Waals surface area contributed by atoms with E-state index >= 15 is 0 Å². The van der Waals surface area contributed by atoms with Gasteiger partial charge in [-0.25, -0.2) is 9.18 Å². The fourth-order valence-corrected chi connectivity index (χ4v) is 3.17. The summed E-state index contributed by atoms with van der Waals surface area (Å²) in [6, 6.07) is 10.1. The molecule has 2 heterocycles. The molecule has 128 valence electrons. The number of nitriles is 1. The highest BCUT2D eigenvalue weighted by atomic mass is 19.1. The first-order valence-corrected chi connectivity index (χ1v) is 7.93. The Balaban J connectivity index is 1.75. The number of hydrogen-bond acceptors (Lipinski definition) is 5. The van der Waals surface area contributed by atoms with Gasteiger partial charge in [-0.15, -0.1) is 10.2 Å². The molecule has 4 rings (SSSR count). The zero-order chi connectivity index (χ0) is 18.3. The van der Waals surface area contributed by atoms with Crippen molar-refractivity contribution in [2.24, 2.45) is 0 Å². The summed E-state index contributed by atoms with van der Waals surface area (Å²) in [5.41, 5.74) is 0.542. The van der Waals surface area contributed by atoms with Gasteiger partial charge in [0.25, 0.3) is 5.56 Å². The largest absolute Gasteiger partial charge is 0.325 e. The minimum atomic E-state index is -0.623. The van der Waals surface area contributed by atoms with Gasteiger partial charge in [0.15, 0.2) is 5.69 Å². The molecule has 2 aromatic heterocycles. The second-order valence-electron chi connectivity index (χ2n) is 6.10. The second-order valence-corrected chi connectivity index (χ2v) is 6.10. The summed E-state index contributed by atoms with van der Waals surface area (Å²) in [7, 11) is 0. The van der Waals surface area contributed by atoms with Crippen molar-refractivity contribution in [3.8, 4) is 17.3 Å². The van der Waals surface area contributed by atoms with Gasteiger partial charge in [0.1, 0.15) is 17.6 Å². The summed E-state index contributed by atoms with van der Waals surface area (Å²) in [5, 5.41) is 17.1. The summed E-state index contributed by atoms with van der Waals surface area (Å²) in [6.07, 6.45) is 1.94. The summed E-state index contributed by atoms with van der Waals surface area (Å²) < 4.78 is 14.0. The summed E-state index contributed by atoms with van der Waals surface area (Å²) in [5.74, 6) is -0.398. The van der Waals surface area contributed by atoms with Crippen molar-refractivity contribution in [1.82, 2.24) is 20.2 Å². The first-order valence-electron chi connectivity index (χ1n) is 7.93. The molecule has 2 N–H and O–H groups in total. The minimum Gasteiger partial charge on any atom is -0.313 e. The molecule has 8 heteroatoms. The Labute approximate surface area is 146 Å². The van der Waals surface area contributed by atoms with E-state index in [9.17, 15) is 19.2 Å². The third kappa shape index (κ3) is 2.69. The molecular formula is C18H12FN5O2. The lowest BCUT2D eigenvalue weighted by atomic mass is 10.0. The van der Waals surface area contributed by atoms with E-state index < -0.39 is 11.2 Å². The van der Waals surface area contributed by atoms with Gasteiger partial charge in [-0.05, 0) is 41.5 Å². The fourth-order valence-electron chi connectivity index (χ4n) is 3.17. The quantitative estimate of drug-likeness (QED) is 0.748. The first kappa shape index (κ1) is 15.9. The topological polar surface area (TPSA) is 115 Å². The highest BCUT2D eigenvalue weighted by molar-refractivity contribution is 5.59. The van der Waals surface area contributed by atoms with Crippen molar-refractivity contribution in [1.29, 1.82) is 5.26 Å². The molecule has 7 nitrogen and oxygen atoms in total. The molecule has 0 amide bonds. The van der Waals surface area contributed by atoms with Gasteiger partial charge in [-0.3, -0.25) is 9.78 Å². The van der Waals surface area contributed by atoms with Crippen molar-refractivity contribution in [3.05, 3.63) is 80.0 Å². The Bertz CT molecular complexity index is 1160. The summed E-state index contributed by atoms with van der Waals surface area (Å²) in [4.78, 5) is 27.6. The van der Waals surface area contributed by atoms with E-state index in [0.717, 1.165) is 0 Å². The number of benzene rings is 1. The van der Waals surface area contributed by atoms with E-state index in [1.807, 2.05) is 6.07 Å². The van der Waals surface area contributed by atoms with E-state index in [2.05, 4.69) is 20.2 Å². The lowest BCUT2D eigenvalue weighted by molar-refractivity contribution is 0.609. The van der Waals surface area contributed by atoms with Crippen LogP contribution in [-0.2, 0) is 0 Å². The molecule has 1 aromatic carbocycles. The highest BCUT2D eigenvalue weighted by Crippen LogP contribution is 2.55. The zero-order valence-electron chi connectivity index (χ0n) is 13.4. The van der Waals surface area contributed by atoms with Crippen LogP contribution in [-0.4, -0.2) is 20.2 Å². The number of H-pyrrole nitrogens is 2. The third-order valence-corrected chi connectivity index (χ3v) is 4.52. The molecule has 1 aliphatic carbocycles. The minimum absolute atomic E-state index is 0.0470. The predicted octanol–water partition coefficient (Wildman–Crippen LogP) is 1.80. The van der Waals surface area contributed by atoms with Gasteiger partial charge in [0.2, 0.25) is 0 Å². The molecule has 0 radical (unpaired) electrons.